The van der Waals surface area contributed by atoms with Gasteiger partial charge in [-0.15, -0.1) is 18.3 Å². The van der Waals surface area contributed by atoms with Crippen molar-refractivity contribution in [2.45, 2.75) is 12.9 Å². The summed E-state index contributed by atoms with van der Waals surface area (Å²) in [5, 5.41) is 7.54. The van der Waals surface area contributed by atoms with Gasteiger partial charge in [0, 0.05) is 0 Å². The van der Waals surface area contributed by atoms with Crippen LogP contribution in [0.1, 0.15) is 5.56 Å². The van der Waals surface area contributed by atoms with Gasteiger partial charge < -0.3 is 10.5 Å². The summed E-state index contributed by atoms with van der Waals surface area (Å²) in [6.07, 6.45) is -3.63. The van der Waals surface area contributed by atoms with E-state index >= 15 is 0 Å². The second-order valence-corrected chi connectivity index (χ2v) is 3.61. The molecule has 1 aromatic carbocycles. The molecule has 2 rings (SSSR count). The Morgan fingerprint density at radius 3 is 2.58 bits per heavy atom. The van der Waals surface area contributed by atoms with Crippen molar-refractivity contribution in [3.63, 3.8) is 0 Å². The van der Waals surface area contributed by atoms with Crippen LogP contribution >= 0.6 is 0 Å². The molecule has 1 aromatic heterocycles. The third-order valence-electron chi connectivity index (χ3n) is 2.10. The van der Waals surface area contributed by atoms with Gasteiger partial charge in [-0.05, 0) is 17.7 Å². The van der Waals surface area contributed by atoms with Crippen LogP contribution in [0.25, 0.3) is 0 Å². The molecule has 0 spiro atoms. The summed E-state index contributed by atoms with van der Waals surface area (Å²) in [5.74, 6) is -1.81. The molecule has 19 heavy (non-hydrogen) atoms. The zero-order valence-electron chi connectivity index (χ0n) is 9.36. The van der Waals surface area contributed by atoms with E-state index in [1.165, 1.54) is 17.1 Å². The first kappa shape index (κ1) is 13.1. The number of anilines is 1. The Morgan fingerprint density at radius 2 is 2.05 bits per heavy atom. The molecule has 0 amide bonds. The summed E-state index contributed by atoms with van der Waals surface area (Å²) < 4.78 is 52.7. The molecule has 2 N–H and O–H groups in total. The molecule has 0 bridgehead atoms. The Kier molecular flexibility index (Phi) is 3.28. The molecule has 0 radical (unpaired) electrons. The monoisotopic (exact) mass is 276 g/mol. The number of halogens is 4. The zero-order chi connectivity index (χ0) is 14.0. The Hall–Kier alpha value is -2.32. The molecule has 0 fully saturated rings. The van der Waals surface area contributed by atoms with Gasteiger partial charge in [0.25, 0.3) is 0 Å². The molecule has 9 heteroatoms. The van der Waals surface area contributed by atoms with E-state index in [0.29, 0.717) is 5.56 Å². The average molecular weight is 276 g/mol. The van der Waals surface area contributed by atoms with Gasteiger partial charge in [0.15, 0.2) is 17.4 Å². The highest BCUT2D eigenvalue weighted by atomic mass is 19.4. The van der Waals surface area contributed by atoms with Crippen LogP contribution in [0.2, 0.25) is 0 Å². The largest absolute Gasteiger partial charge is 0.573 e. The van der Waals surface area contributed by atoms with Crippen LogP contribution < -0.4 is 10.5 Å². The number of ether oxygens (including phenoxy) is 1. The lowest BCUT2D eigenvalue weighted by Crippen LogP contribution is -2.18. The van der Waals surface area contributed by atoms with Crippen LogP contribution in [0.3, 0.4) is 0 Å². The molecule has 102 valence electrons. The first-order chi connectivity index (χ1) is 8.83. The van der Waals surface area contributed by atoms with E-state index in [1.54, 1.807) is 0 Å². The molecule has 0 aliphatic carbocycles. The normalized spacial score (nSPS) is 11.6. The molecule has 5 nitrogen and oxygen atoms in total. The lowest BCUT2D eigenvalue weighted by Gasteiger charge is -2.10. The van der Waals surface area contributed by atoms with E-state index in [1.807, 2.05) is 0 Å². The van der Waals surface area contributed by atoms with Crippen molar-refractivity contribution >= 4 is 5.82 Å². The van der Waals surface area contributed by atoms with Gasteiger partial charge in [-0.25, -0.2) is 4.39 Å². The van der Waals surface area contributed by atoms with Crippen molar-refractivity contribution in [3.05, 3.63) is 35.8 Å². The SMILES string of the molecule is Nc1cnn(Cc2ccc(OC(F)(F)F)c(F)c2)n1. The summed E-state index contributed by atoms with van der Waals surface area (Å²) in [5.41, 5.74) is 5.72. The van der Waals surface area contributed by atoms with Crippen LogP contribution in [0.5, 0.6) is 5.75 Å². The van der Waals surface area contributed by atoms with Gasteiger partial charge in [0.1, 0.15) is 0 Å². The van der Waals surface area contributed by atoms with Crippen LogP contribution in [0, 0.1) is 5.82 Å². The molecule has 0 saturated heterocycles. The summed E-state index contributed by atoms with van der Waals surface area (Å²) in [7, 11) is 0. The van der Waals surface area contributed by atoms with Crippen LogP contribution in [-0.4, -0.2) is 21.4 Å². The van der Waals surface area contributed by atoms with E-state index in [-0.39, 0.29) is 12.4 Å². The fourth-order valence-corrected chi connectivity index (χ4v) is 1.40. The van der Waals surface area contributed by atoms with Crippen LogP contribution in [-0.2, 0) is 6.54 Å². The highest BCUT2D eigenvalue weighted by Gasteiger charge is 2.32. The van der Waals surface area contributed by atoms with Crippen molar-refractivity contribution < 1.29 is 22.3 Å². The molecule has 0 atom stereocenters. The number of rotatable bonds is 3. The number of alkyl halides is 3. The molecule has 1 heterocycles. The number of nitrogen functional groups attached to an aromatic ring is 1. The molecular formula is C10H8F4N4O. The lowest BCUT2D eigenvalue weighted by molar-refractivity contribution is -0.275. The number of nitrogens with two attached hydrogens (primary N) is 1. The van der Waals surface area contributed by atoms with Gasteiger partial charge in [-0.1, -0.05) is 6.07 Å². The van der Waals surface area contributed by atoms with Gasteiger partial charge in [-0.3, -0.25) is 0 Å². The molecule has 0 aliphatic heterocycles. The van der Waals surface area contributed by atoms with E-state index in [2.05, 4.69) is 14.9 Å². The van der Waals surface area contributed by atoms with Gasteiger partial charge in [0.05, 0.1) is 12.7 Å². The predicted octanol–water partition coefficient (Wildman–Crippen LogP) is 1.95. The quantitative estimate of drug-likeness (QED) is 0.870. The standard InChI is InChI=1S/C10H8F4N4O/c11-7-3-6(5-18-16-4-9(15)17-18)1-2-8(7)19-10(12,13)14/h1-4H,5H2,(H2,15,17). The second kappa shape index (κ2) is 4.75. The number of aromatic nitrogens is 3. The minimum absolute atomic E-state index is 0.0837. The molecule has 0 aliphatic rings. The summed E-state index contributed by atoms with van der Waals surface area (Å²) >= 11 is 0. The maximum Gasteiger partial charge on any atom is 0.573 e. The van der Waals surface area contributed by atoms with Crippen molar-refractivity contribution in [2.24, 2.45) is 0 Å². The Labute approximate surface area is 104 Å². The highest BCUT2D eigenvalue weighted by Crippen LogP contribution is 2.26. The van der Waals surface area contributed by atoms with Crippen molar-refractivity contribution in [1.82, 2.24) is 15.0 Å². The third kappa shape index (κ3) is 3.57. The number of benzene rings is 1. The lowest BCUT2D eigenvalue weighted by atomic mass is 10.2. The third-order valence-corrected chi connectivity index (χ3v) is 2.10. The second-order valence-electron chi connectivity index (χ2n) is 3.61. The molecule has 2 aromatic rings. The van der Waals surface area contributed by atoms with Crippen molar-refractivity contribution in [1.29, 1.82) is 0 Å². The molecule has 0 unspecified atom stereocenters. The summed E-state index contributed by atoms with van der Waals surface area (Å²) in [4.78, 5) is 1.19. The van der Waals surface area contributed by atoms with E-state index in [9.17, 15) is 17.6 Å². The first-order valence-corrected chi connectivity index (χ1v) is 5.03. The Balaban J connectivity index is 2.14. The predicted molar refractivity (Wildman–Crippen MR) is 56.6 cm³/mol. The maximum atomic E-state index is 13.4. The number of nitrogens with zero attached hydrogens (tertiary/aromatic N) is 3. The van der Waals surface area contributed by atoms with Crippen molar-refractivity contribution in [3.8, 4) is 5.75 Å². The fourth-order valence-electron chi connectivity index (χ4n) is 1.40. The minimum Gasteiger partial charge on any atom is -0.403 e. The fraction of sp³-hybridized carbons (Fsp3) is 0.200. The van der Waals surface area contributed by atoms with Gasteiger partial charge in [-0.2, -0.15) is 9.90 Å². The molecule has 0 saturated carbocycles. The van der Waals surface area contributed by atoms with E-state index in [4.69, 9.17) is 5.73 Å². The first-order valence-electron chi connectivity index (χ1n) is 5.03. The Bertz CT molecular complexity index is 581. The number of hydrogen-bond donors (Lipinski definition) is 1. The van der Waals surface area contributed by atoms with E-state index < -0.39 is 17.9 Å². The van der Waals surface area contributed by atoms with Crippen molar-refractivity contribution in [2.75, 3.05) is 5.73 Å². The summed E-state index contributed by atoms with van der Waals surface area (Å²) in [6.45, 7) is 0.0837. The summed E-state index contributed by atoms with van der Waals surface area (Å²) in [6, 6.07) is 3.09. The minimum atomic E-state index is -4.93. The van der Waals surface area contributed by atoms with Crippen LogP contribution in [0.15, 0.2) is 24.4 Å². The number of hydrogen-bond acceptors (Lipinski definition) is 4. The topological polar surface area (TPSA) is 66.0 Å². The highest BCUT2D eigenvalue weighted by molar-refractivity contribution is 5.29. The van der Waals surface area contributed by atoms with E-state index in [0.717, 1.165) is 12.1 Å². The molecular weight excluding hydrogens is 268 g/mol. The Morgan fingerprint density at radius 1 is 1.32 bits per heavy atom. The zero-order valence-corrected chi connectivity index (χ0v) is 9.36. The smallest absolute Gasteiger partial charge is 0.403 e. The maximum absolute atomic E-state index is 13.4. The van der Waals surface area contributed by atoms with Crippen LogP contribution in [0.4, 0.5) is 23.4 Å². The van der Waals surface area contributed by atoms with Gasteiger partial charge >= 0.3 is 6.36 Å². The average Bonchev–Trinajstić information content (AvgIpc) is 2.66. The van der Waals surface area contributed by atoms with Gasteiger partial charge in [0.2, 0.25) is 0 Å².